The number of aromatic nitrogens is 6. The van der Waals surface area contributed by atoms with E-state index >= 15 is 0 Å². The minimum Gasteiger partial charge on any atom is -0.361 e. The Morgan fingerprint density at radius 1 is 1.00 bits per heavy atom. The van der Waals surface area contributed by atoms with Crippen LogP contribution in [0, 0.1) is 0 Å². The zero-order valence-corrected chi connectivity index (χ0v) is 17.6. The second-order valence-corrected chi connectivity index (χ2v) is 8.07. The second kappa shape index (κ2) is 7.32. The van der Waals surface area contributed by atoms with Crippen LogP contribution in [0.5, 0.6) is 0 Å². The number of pyridine rings is 1. The van der Waals surface area contributed by atoms with Crippen molar-refractivity contribution in [1.82, 2.24) is 29.1 Å². The van der Waals surface area contributed by atoms with Gasteiger partial charge < -0.3 is 9.55 Å². The fourth-order valence-corrected chi connectivity index (χ4v) is 4.16. The van der Waals surface area contributed by atoms with Crippen molar-refractivity contribution in [2.75, 3.05) is 0 Å². The average molecular weight is 441 g/mol. The van der Waals surface area contributed by atoms with E-state index in [0.29, 0.717) is 34.1 Å². The van der Waals surface area contributed by atoms with Crippen molar-refractivity contribution in [3.8, 4) is 11.4 Å². The Hall–Kier alpha value is -3.97. The SMILES string of the molecule is O=c1c2cnc3nc(-c4ccc(Cl)cc4)nn3c2ccn1CCc1c[nH]c2ccccc12. The van der Waals surface area contributed by atoms with E-state index in [2.05, 4.69) is 26.1 Å². The van der Waals surface area contributed by atoms with Gasteiger partial charge in [-0.25, -0.2) is 4.98 Å². The topological polar surface area (TPSA) is 80.9 Å². The van der Waals surface area contributed by atoms with Gasteiger partial charge in [-0.05, 0) is 48.4 Å². The number of H-pyrrole nitrogens is 1. The highest BCUT2D eigenvalue weighted by atomic mass is 35.5. The van der Waals surface area contributed by atoms with E-state index in [0.717, 1.165) is 17.5 Å². The van der Waals surface area contributed by atoms with Crippen LogP contribution in [0.3, 0.4) is 0 Å². The molecule has 0 atom stereocenters. The lowest BCUT2D eigenvalue weighted by Gasteiger charge is -2.07. The molecule has 0 unspecified atom stereocenters. The van der Waals surface area contributed by atoms with Crippen LogP contribution in [-0.4, -0.2) is 29.1 Å². The molecule has 0 aliphatic rings. The first-order chi connectivity index (χ1) is 15.7. The van der Waals surface area contributed by atoms with Crippen LogP contribution in [0.25, 0.3) is 39.0 Å². The van der Waals surface area contributed by atoms with Crippen LogP contribution < -0.4 is 5.56 Å². The molecular weight excluding hydrogens is 424 g/mol. The Balaban J connectivity index is 1.37. The van der Waals surface area contributed by atoms with Gasteiger partial charge in [-0.3, -0.25) is 4.79 Å². The summed E-state index contributed by atoms with van der Waals surface area (Å²) in [5, 5.41) is 6.92. The van der Waals surface area contributed by atoms with Gasteiger partial charge in [-0.1, -0.05) is 29.8 Å². The van der Waals surface area contributed by atoms with Crippen LogP contribution in [0.2, 0.25) is 5.02 Å². The smallest absolute Gasteiger partial charge is 0.261 e. The third kappa shape index (κ3) is 3.06. The number of fused-ring (bicyclic) bond motifs is 4. The molecule has 4 aromatic heterocycles. The molecule has 0 amide bonds. The molecular formula is C24H17ClN6O. The first kappa shape index (κ1) is 18.8. The zero-order valence-electron chi connectivity index (χ0n) is 16.9. The molecule has 6 aromatic rings. The van der Waals surface area contributed by atoms with E-state index in [1.807, 2.05) is 48.8 Å². The number of para-hydroxylation sites is 1. The standard InChI is InChI=1S/C24H17ClN6O/c25-17-7-5-15(6-8-17)22-28-24-27-14-19-21(31(24)29-22)10-12-30(23(19)32)11-9-16-13-26-20-4-2-1-3-18(16)20/h1-8,10,12-14,26H,9,11H2. The fourth-order valence-electron chi connectivity index (χ4n) is 4.04. The Bertz CT molecular complexity index is 1660. The molecule has 7 nitrogen and oxygen atoms in total. The summed E-state index contributed by atoms with van der Waals surface area (Å²) in [6, 6.07) is 17.4. The van der Waals surface area contributed by atoms with E-state index in [-0.39, 0.29) is 5.56 Å². The molecule has 6 rings (SSSR count). The van der Waals surface area contributed by atoms with Crippen molar-refractivity contribution >= 4 is 39.2 Å². The van der Waals surface area contributed by atoms with Gasteiger partial charge >= 0.3 is 0 Å². The van der Waals surface area contributed by atoms with Gasteiger partial charge in [0.1, 0.15) is 0 Å². The molecule has 0 saturated heterocycles. The largest absolute Gasteiger partial charge is 0.361 e. The van der Waals surface area contributed by atoms with Gasteiger partial charge in [0, 0.05) is 46.6 Å². The summed E-state index contributed by atoms with van der Waals surface area (Å²) in [5.41, 5.74) is 3.70. The van der Waals surface area contributed by atoms with E-state index in [1.54, 1.807) is 27.4 Å². The fraction of sp³-hybridized carbons (Fsp3) is 0.0833. The molecule has 1 N–H and O–H groups in total. The van der Waals surface area contributed by atoms with Crippen molar-refractivity contribution in [1.29, 1.82) is 0 Å². The number of rotatable bonds is 4. The van der Waals surface area contributed by atoms with Gasteiger partial charge in [-0.15, -0.1) is 5.10 Å². The minimum atomic E-state index is -0.0970. The predicted octanol–water partition coefficient (Wildman–Crippen LogP) is 4.48. The van der Waals surface area contributed by atoms with Crippen molar-refractivity contribution in [2.24, 2.45) is 0 Å². The van der Waals surface area contributed by atoms with Crippen molar-refractivity contribution in [2.45, 2.75) is 13.0 Å². The van der Waals surface area contributed by atoms with Crippen LogP contribution in [-0.2, 0) is 13.0 Å². The van der Waals surface area contributed by atoms with Crippen LogP contribution >= 0.6 is 11.6 Å². The molecule has 156 valence electrons. The van der Waals surface area contributed by atoms with Crippen molar-refractivity contribution in [3.63, 3.8) is 0 Å². The summed E-state index contributed by atoms with van der Waals surface area (Å²) in [5.74, 6) is 0.976. The molecule has 4 heterocycles. The number of benzene rings is 2. The quantitative estimate of drug-likeness (QED) is 0.438. The van der Waals surface area contributed by atoms with Crippen molar-refractivity contribution in [3.05, 3.63) is 94.1 Å². The molecule has 0 bridgehead atoms. The summed E-state index contributed by atoms with van der Waals surface area (Å²) in [7, 11) is 0. The maximum Gasteiger partial charge on any atom is 0.261 e. The van der Waals surface area contributed by atoms with E-state index in [4.69, 9.17) is 11.6 Å². The normalized spacial score (nSPS) is 11.7. The highest BCUT2D eigenvalue weighted by molar-refractivity contribution is 6.30. The average Bonchev–Trinajstić information content (AvgIpc) is 3.43. The lowest BCUT2D eigenvalue weighted by molar-refractivity contribution is 0.676. The monoisotopic (exact) mass is 440 g/mol. The Morgan fingerprint density at radius 2 is 1.84 bits per heavy atom. The predicted molar refractivity (Wildman–Crippen MR) is 125 cm³/mol. The molecule has 0 aliphatic carbocycles. The van der Waals surface area contributed by atoms with Crippen molar-refractivity contribution < 1.29 is 0 Å². The lowest BCUT2D eigenvalue weighted by Crippen LogP contribution is -2.21. The van der Waals surface area contributed by atoms with Gasteiger partial charge in [0.05, 0.1) is 10.9 Å². The third-order valence-corrected chi connectivity index (χ3v) is 5.96. The van der Waals surface area contributed by atoms with Gasteiger partial charge in [0.2, 0.25) is 0 Å². The van der Waals surface area contributed by atoms with Crippen LogP contribution in [0.4, 0.5) is 0 Å². The number of hydrogen-bond acceptors (Lipinski definition) is 4. The first-order valence-corrected chi connectivity index (χ1v) is 10.6. The van der Waals surface area contributed by atoms with Gasteiger partial charge in [0.15, 0.2) is 5.82 Å². The number of hydrogen-bond donors (Lipinski definition) is 1. The van der Waals surface area contributed by atoms with Crippen LogP contribution in [0.1, 0.15) is 5.56 Å². The summed E-state index contributed by atoms with van der Waals surface area (Å²) in [6.07, 6.45) is 6.14. The Morgan fingerprint density at radius 3 is 2.72 bits per heavy atom. The zero-order chi connectivity index (χ0) is 21.7. The molecule has 0 aliphatic heterocycles. The van der Waals surface area contributed by atoms with Gasteiger partial charge in [0.25, 0.3) is 11.3 Å². The van der Waals surface area contributed by atoms with Crippen LogP contribution in [0.15, 0.2) is 78.0 Å². The highest BCUT2D eigenvalue weighted by Gasteiger charge is 2.13. The Labute approximate surface area is 186 Å². The Kier molecular flexibility index (Phi) is 4.29. The van der Waals surface area contributed by atoms with E-state index in [9.17, 15) is 4.79 Å². The third-order valence-electron chi connectivity index (χ3n) is 5.71. The lowest BCUT2D eigenvalue weighted by atomic mass is 10.1. The number of halogens is 1. The maximum atomic E-state index is 13.1. The number of aromatic amines is 1. The molecule has 0 radical (unpaired) electrons. The molecule has 8 heteroatoms. The molecule has 0 spiro atoms. The summed E-state index contributed by atoms with van der Waals surface area (Å²) in [6.45, 7) is 0.571. The number of nitrogens with one attached hydrogen (secondary N) is 1. The van der Waals surface area contributed by atoms with E-state index in [1.165, 1.54) is 10.9 Å². The number of aryl methyl sites for hydroxylation is 2. The molecule has 32 heavy (non-hydrogen) atoms. The molecule has 0 saturated carbocycles. The summed E-state index contributed by atoms with van der Waals surface area (Å²) < 4.78 is 3.33. The summed E-state index contributed by atoms with van der Waals surface area (Å²) in [4.78, 5) is 25.3. The summed E-state index contributed by atoms with van der Waals surface area (Å²) >= 11 is 5.98. The second-order valence-electron chi connectivity index (χ2n) is 7.64. The number of nitrogens with zero attached hydrogens (tertiary/aromatic N) is 5. The first-order valence-electron chi connectivity index (χ1n) is 10.2. The maximum absolute atomic E-state index is 13.1. The minimum absolute atomic E-state index is 0.0970. The molecule has 2 aromatic carbocycles. The van der Waals surface area contributed by atoms with Gasteiger partial charge in [-0.2, -0.15) is 9.50 Å². The highest BCUT2D eigenvalue weighted by Crippen LogP contribution is 2.21. The molecule has 0 fully saturated rings. The van der Waals surface area contributed by atoms with E-state index < -0.39 is 0 Å².